The quantitative estimate of drug-likeness (QED) is 0.611. The van der Waals surface area contributed by atoms with Gasteiger partial charge < -0.3 is 5.11 Å². The van der Waals surface area contributed by atoms with Crippen molar-refractivity contribution in [1.82, 2.24) is 0 Å². The Morgan fingerprint density at radius 1 is 1.53 bits per heavy atom. The Morgan fingerprint density at radius 2 is 2.20 bits per heavy atom. The molecule has 0 amide bonds. The maximum absolute atomic E-state index is 10.3. The number of terminal acetylenes is 1. The van der Waals surface area contributed by atoms with Gasteiger partial charge in [-0.1, -0.05) is 36.4 Å². The Hall–Kier alpha value is -1.45. The normalized spacial score (nSPS) is 13.4. The fourth-order valence-corrected chi connectivity index (χ4v) is 1.66. The van der Waals surface area contributed by atoms with Crippen LogP contribution in [0.2, 0.25) is 5.02 Å². The lowest BCUT2D eigenvalue weighted by Crippen LogP contribution is -2.22. The van der Waals surface area contributed by atoms with Crippen LogP contribution in [0.3, 0.4) is 0 Å². The van der Waals surface area contributed by atoms with Gasteiger partial charge in [0.05, 0.1) is 0 Å². The summed E-state index contributed by atoms with van der Waals surface area (Å²) in [6.45, 7) is 3.43. The van der Waals surface area contributed by atoms with E-state index in [0.29, 0.717) is 10.6 Å². The molecular weight excluding hydrogens is 208 g/mol. The monoisotopic (exact) mass is 218 g/mol. The van der Waals surface area contributed by atoms with Crippen LogP contribution in [0, 0.1) is 12.3 Å². The average Bonchev–Trinajstić information content (AvgIpc) is 2.19. The topological polar surface area (TPSA) is 20.2 Å². The minimum absolute atomic E-state index is 0.138. The summed E-state index contributed by atoms with van der Waals surface area (Å²) in [6.07, 6.45) is 6.77. The van der Waals surface area contributed by atoms with E-state index in [2.05, 4.69) is 18.2 Å². The Balaban J connectivity index is 3.28. The molecule has 76 valence electrons. The first-order valence-corrected chi connectivity index (χ1v) is 4.79. The van der Waals surface area contributed by atoms with Crippen molar-refractivity contribution in [2.24, 2.45) is 0 Å². The number of rotatable bonds is 3. The molecule has 1 unspecified atom stereocenters. The van der Waals surface area contributed by atoms with Gasteiger partial charge in [0.2, 0.25) is 0 Å². The molecule has 0 radical (unpaired) electrons. The van der Waals surface area contributed by atoms with Gasteiger partial charge in [0.1, 0.15) is 5.60 Å². The Bertz CT molecular complexity index is 438. The zero-order chi connectivity index (χ0) is 11.3. The van der Waals surface area contributed by atoms with Gasteiger partial charge in [-0.05, 0) is 12.1 Å². The maximum Gasteiger partial charge on any atom is 0.127 e. The van der Waals surface area contributed by atoms with Crippen molar-refractivity contribution in [3.63, 3.8) is 0 Å². The molecule has 0 heterocycles. The van der Waals surface area contributed by atoms with Crippen molar-refractivity contribution in [2.75, 3.05) is 0 Å². The third-order valence-corrected chi connectivity index (χ3v) is 2.38. The maximum atomic E-state index is 10.3. The van der Waals surface area contributed by atoms with Crippen LogP contribution < -0.4 is 0 Å². The molecule has 1 N–H and O–H groups in total. The van der Waals surface area contributed by atoms with Crippen LogP contribution in [0.4, 0.5) is 0 Å². The zero-order valence-corrected chi connectivity index (χ0v) is 8.96. The fraction of sp³-hybridized carbons (Fsp3) is 0.154. The molecular formula is C13H11ClO. The molecule has 0 spiro atoms. The third kappa shape index (κ3) is 2.52. The summed E-state index contributed by atoms with van der Waals surface area (Å²) in [5.41, 5.74) is 1.83. The van der Waals surface area contributed by atoms with Gasteiger partial charge >= 0.3 is 0 Å². The van der Waals surface area contributed by atoms with Gasteiger partial charge in [-0.3, -0.25) is 0 Å². The molecule has 0 aromatic heterocycles. The molecule has 15 heavy (non-hydrogen) atoms. The van der Waals surface area contributed by atoms with Gasteiger partial charge in [-0.2, -0.15) is 0 Å². The first-order valence-electron chi connectivity index (χ1n) is 4.42. The SMILES string of the molecule is C#CCC(O)(C=C=C)c1ccccc1Cl. The molecule has 1 nitrogen and oxygen atoms in total. The minimum Gasteiger partial charge on any atom is -0.379 e. The molecule has 2 heteroatoms. The smallest absolute Gasteiger partial charge is 0.127 e. The largest absolute Gasteiger partial charge is 0.379 e. The van der Waals surface area contributed by atoms with Gasteiger partial charge in [0.15, 0.2) is 0 Å². The van der Waals surface area contributed by atoms with Crippen molar-refractivity contribution in [2.45, 2.75) is 12.0 Å². The highest BCUT2D eigenvalue weighted by Gasteiger charge is 2.27. The standard InChI is InChI=1S/C13H11ClO/c1-3-9-13(15,10-4-2)11-7-5-6-8-12(11)14/h1,5-8,10,15H,2,9H2. The van der Waals surface area contributed by atoms with E-state index < -0.39 is 5.60 Å². The van der Waals surface area contributed by atoms with Gasteiger partial charge in [0.25, 0.3) is 0 Å². The molecule has 0 fully saturated rings. The van der Waals surface area contributed by atoms with Gasteiger partial charge in [-0.15, -0.1) is 18.1 Å². The van der Waals surface area contributed by atoms with Gasteiger partial charge in [-0.25, -0.2) is 0 Å². The molecule has 0 aliphatic heterocycles. The summed E-state index contributed by atoms with van der Waals surface area (Å²) >= 11 is 5.98. The van der Waals surface area contributed by atoms with Crippen molar-refractivity contribution in [1.29, 1.82) is 0 Å². The lowest BCUT2D eigenvalue weighted by molar-refractivity contribution is 0.0957. The summed E-state index contributed by atoms with van der Waals surface area (Å²) in [5, 5.41) is 10.8. The second-order valence-corrected chi connectivity index (χ2v) is 3.54. The van der Waals surface area contributed by atoms with Crippen LogP contribution in [-0.4, -0.2) is 5.11 Å². The number of hydrogen-bond acceptors (Lipinski definition) is 1. The Morgan fingerprint density at radius 3 is 2.73 bits per heavy atom. The highest BCUT2D eigenvalue weighted by atomic mass is 35.5. The van der Waals surface area contributed by atoms with E-state index in [9.17, 15) is 5.11 Å². The predicted molar refractivity (Wildman–Crippen MR) is 62.5 cm³/mol. The van der Waals surface area contributed by atoms with Crippen LogP contribution in [0.5, 0.6) is 0 Å². The summed E-state index contributed by atoms with van der Waals surface area (Å²) in [5.74, 6) is 2.41. The molecule has 1 aromatic carbocycles. The first-order chi connectivity index (χ1) is 7.14. The van der Waals surface area contributed by atoms with Crippen LogP contribution in [0.25, 0.3) is 0 Å². The van der Waals surface area contributed by atoms with Crippen molar-refractivity contribution in [3.05, 3.63) is 53.2 Å². The second kappa shape index (κ2) is 4.87. The van der Waals surface area contributed by atoms with Crippen LogP contribution in [0.15, 0.2) is 42.7 Å². The zero-order valence-electron chi connectivity index (χ0n) is 8.20. The number of hydrogen-bond donors (Lipinski definition) is 1. The summed E-state index contributed by atoms with van der Waals surface area (Å²) < 4.78 is 0. The van der Waals surface area contributed by atoms with Crippen molar-refractivity contribution < 1.29 is 5.11 Å². The molecule has 0 saturated carbocycles. The molecule has 1 aromatic rings. The number of benzene rings is 1. The average molecular weight is 219 g/mol. The van der Waals surface area contributed by atoms with E-state index in [1.807, 2.05) is 0 Å². The van der Waals surface area contributed by atoms with E-state index in [1.54, 1.807) is 24.3 Å². The molecule has 1 rings (SSSR count). The molecule has 0 saturated heterocycles. The van der Waals surface area contributed by atoms with E-state index in [4.69, 9.17) is 18.0 Å². The Labute approximate surface area is 94.7 Å². The Kier molecular flexibility index (Phi) is 3.77. The van der Waals surface area contributed by atoms with Crippen LogP contribution in [-0.2, 0) is 5.60 Å². The van der Waals surface area contributed by atoms with Crippen molar-refractivity contribution >= 4 is 11.6 Å². The molecule has 0 bridgehead atoms. The van der Waals surface area contributed by atoms with E-state index in [1.165, 1.54) is 6.08 Å². The van der Waals surface area contributed by atoms with E-state index in [-0.39, 0.29) is 6.42 Å². The van der Waals surface area contributed by atoms with Crippen LogP contribution in [0.1, 0.15) is 12.0 Å². The summed E-state index contributed by atoms with van der Waals surface area (Å²) in [6, 6.07) is 7.02. The minimum atomic E-state index is -1.28. The molecule has 0 aliphatic rings. The van der Waals surface area contributed by atoms with E-state index in [0.717, 1.165) is 0 Å². The van der Waals surface area contributed by atoms with Crippen LogP contribution >= 0.6 is 11.6 Å². The lowest BCUT2D eigenvalue weighted by Gasteiger charge is -2.22. The van der Waals surface area contributed by atoms with E-state index >= 15 is 0 Å². The van der Waals surface area contributed by atoms with Gasteiger partial charge in [0, 0.05) is 17.0 Å². The third-order valence-electron chi connectivity index (χ3n) is 2.05. The fourth-order valence-electron chi connectivity index (χ4n) is 1.36. The molecule has 0 aliphatic carbocycles. The lowest BCUT2D eigenvalue weighted by atomic mass is 9.90. The number of halogens is 1. The van der Waals surface area contributed by atoms with Crippen molar-refractivity contribution in [3.8, 4) is 12.3 Å². The first kappa shape index (κ1) is 11.6. The highest BCUT2D eigenvalue weighted by Crippen LogP contribution is 2.31. The molecule has 1 atom stereocenters. The predicted octanol–water partition coefficient (Wildman–Crippen LogP) is 2.89. The summed E-state index contributed by atoms with van der Waals surface area (Å²) in [4.78, 5) is 0. The highest BCUT2D eigenvalue weighted by molar-refractivity contribution is 6.31. The number of aliphatic hydroxyl groups is 1. The summed E-state index contributed by atoms with van der Waals surface area (Å²) in [7, 11) is 0. The second-order valence-electron chi connectivity index (χ2n) is 3.13.